The highest BCUT2D eigenvalue weighted by Gasteiger charge is 2.31. The summed E-state index contributed by atoms with van der Waals surface area (Å²) in [5, 5.41) is 8.86. The summed E-state index contributed by atoms with van der Waals surface area (Å²) in [6.45, 7) is 2.70. The highest BCUT2D eigenvalue weighted by molar-refractivity contribution is 5.94. The largest absolute Gasteiger partial charge is 0.478 e. The van der Waals surface area contributed by atoms with Crippen LogP contribution in [0.5, 0.6) is 0 Å². The molecule has 0 radical (unpaired) electrons. The van der Waals surface area contributed by atoms with Gasteiger partial charge in [-0.3, -0.25) is 4.79 Å². The number of carbonyl (C=O) groups is 2. The molecule has 0 heterocycles. The molecule has 1 N–H and O–H groups in total. The van der Waals surface area contributed by atoms with Gasteiger partial charge in [0.1, 0.15) is 0 Å². The summed E-state index contributed by atoms with van der Waals surface area (Å²) in [6.07, 6.45) is 2.73. The minimum Gasteiger partial charge on any atom is -0.478 e. The van der Waals surface area contributed by atoms with E-state index < -0.39 is 5.97 Å². The van der Waals surface area contributed by atoms with E-state index in [1.165, 1.54) is 12.1 Å². The molecular weight excluding hydrogens is 270 g/mol. The second kappa shape index (κ2) is 6.72. The molecule has 0 spiro atoms. The van der Waals surface area contributed by atoms with Gasteiger partial charge in [-0.2, -0.15) is 0 Å². The summed E-state index contributed by atoms with van der Waals surface area (Å²) in [5.41, 5.74) is 0.934. The number of ether oxygens (including phenoxy) is 1. The number of amides is 1. The Bertz CT molecular complexity index is 506. The lowest BCUT2D eigenvalue weighted by molar-refractivity contribution is -0.121. The van der Waals surface area contributed by atoms with Crippen molar-refractivity contribution in [1.29, 1.82) is 0 Å². The van der Waals surface area contributed by atoms with Crippen LogP contribution in [0.3, 0.4) is 0 Å². The lowest BCUT2D eigenvalue weighted by atomic mass is 9.79. The summed E-state index contributed by atoms with van der Waals surface area (Å²) in [7, 11) is 1.72. The SMILES string of the molecule is CCOC1CC(CC(=O)N(C)c2ccc(C(=O)O)cc2)C1. The number of hydrogen-bond acceptors (Lipinski definition) is 3. The van der Waals surface area contributed by atoms with Crippen molar-refractivity contribution >= 4 is 17.6 Å². The molecule has 1 amide bonds. The molecule has 0 aromatic heterocycles. The number of carboxylic acid groups (broad SMARTS) is 1. The van der Waals surface area contributed by atoms with Crippen LogP contribution in [0, 0.1) is 5.92 Å². The number of anilines is 1. The number of nitrogens with zero attached hydrogens (tertiary/aromatic N) is 1. The van der Waals surface area contributed by atoms with Crippen LogP contribution in [0.1, 0.15) is 36.5 Å². The van der Waals surface area contributed by atoms with E-state index in [1.807, 2.05) is 6.92 Å². The van der Waals surface area contributed by atoms with Crippen molar-refractivity contribution in [1.82, 2.24) is 0 Å². The van der Waals surface area contributed by atoms with Crippen molar-refractivity contribution in [3.63, 3.8) is 0 Å². The summed E-state index contributed by atoms with van der Waals surface area (Å²) in [4.78, 5) is 24.6. The normalized spacial score (nSPS) is 20.7. The van der Waals surface area contributed by atoms with Crippen molar-refractivity contribution < 1.29 is 19.4 Å². The van der Waals surface area contributed by atoms with Crippen LogP contribution < -0.4 is 4.90 Å². The zero-order chi connectivity index (χ0) is 15.4. The average Bonchev–Trinajstić information content (AvgIpc) is 2.44. The topological polar surface area (TPSA) is 66.8 Å². The molecule has 0 bridgehead atoms. The smallest absolute Gasteiger partial charge is 0.335 e. The van der Waals surface area contributed by atoms with Crippen LogP contribution in [-0.4, -0.2) is 36.7 Å². The van der Waals surface area contributed by atoms with Gasteiger partial charge < -0.3 is 14.7 Å². The van der Waals surface area contributed by atoms with Crippen LogP contribution in [0.4, 0.5) is 5.69 Å². The molecule has 1 saturated carbocycles. The molecule has 1 aromatic rings. The third-order valence-corrected chi connectivity index (χ3v) is 3.93. The fraction of sp³-hybridized carbons (Fsp3) is 0.500. The number of benzene rings is 1. The van der Waals surface area contributed by atoms with E-state index in [4.69, 9.17) is 9.84 Å². The molecular formula is C16H21NO4. The van der Waals surface area contributed by atoms with E-state index in [1.54, 1.807) is 24.1 Å². The molecule has 21 heavy (non-hydrogen) atoms. The van der Waals surface area contributed by atoms with E-state index in [2.05, 4.69) is 0 Å². The van der Waals surface area contributed by atoms with Gasteiger partial charge in [0.15, 0.2) is 0 Å². The minimum absolute atomic E-state index is 0.0537. The third-order valence-electron chi connectivity index (χ3n) is 3.93. The zero-order valence-electron chi connectivity index (χ0n) is 12.4. The van der Waals surface area contributed by atoms with Gasteiger partial charge in [-0.1, -0.05) is 0 Å². The standard InChI is InChI=1S/C16H21NO4/c1-3-21-14-8-11(9-14)10-15(18)17(2)13-6-4-12(5-7-13)16(19)20/h4-7,11,14H,3,8-10H2,1-2H3,(H,19,20). The Kier molecular flexibility index (Phi) is 4.96. The Morgan fingerprint density at radius 3 is 2.43 bits per heavy atom. The summed E-state index contributed by atoms with van der Waals surface area (Å²) >= 11 is 0. The minimum atomic E-state index is -0.966. The van der Waals surface area contributed by atoms with Crippen molar-refractivity contribution in [3.05, 3.63) is 29.8 Å². The average molecular weight is 291 g/mol. The van der Waals surface area contributed by atoms with Gasteiger partial charge in [-0.05, 0) is 49.9 Å². The highest BCUT2D eigenvalue weighted by Crippen LogP contribution is 2.33. The first-order valence-electron chi connectivity index (χ1n) is 7.22. The molecule has 2 rings (SSSR count). The predicted octanol–water partition coefficient (Wildman–Crippen LogP) is 2.55. The third kappa shape index (κ3) is 3.82. The van der Waals surface area contributed by atoms with Crippen molar-refractivity contribution in [3.8, 4) is 0 Å². The van der Waals surface area contributed by atoms with E-state index in [0.717, 1.165) is 19.4 Å². The molecule has 5 nitrogen and oxygen atoms in total. The van der Waals surface area contributed by atoms with Crippen LogP contribution >= 0.6 is 0 Å². The van der Waals surface area contributed by atoms with Gasteiger partial charge in [0.25, 0.3) is 0 Å². The van der Waals surface area contributed by atoms with Crippen LogP contribution in [0.15, 0.2) is 24.3 Å². The molecule has 1 fully saturated rings. The maximum Gasteiger partial charge on any atom is 0.335 e. The molecule has 1 aromatic carbocycles. The van der Waals surface area contributed by atoms with Crippen LogP contribution in [-0.2, 0) is 9.53 Å². The molecule has 0 atom stereocenters. The first-order chi connectivity index (χ1) is 10.0. The van der Waals surface area contributed by atoms with Gasteiger partial charge in [0.05, 0.1) is 11.7 Å². The number of hydrogen-bond donors (Lipinski definition) is 1. The fourth-order valence-electron chi connectivity index (χ4n) is 2.57. The molecule has 114 valence electrons. The Labute approximate surface area is 124 Å². The zero-order valence-corrected chi connectivity index (χ0v) is 12.4. The lowest BCUT2D eigenvalue weighted by Gasteiger charge is -2.35. The number of aromatic carboxylic acids is 1. The molecule has 0 saturated heterocycles. The maximum atomic E-state index is 12.2. The molecule has 1 aliphatic rings. The molecule has 0 aliphatic heterocycles. The fourth-order valence-corrected chi connectivity index (χ4v) is 2.57. The van der Waals surface area contributed by atoms with Crippen molar-refractivity contribution in [2.75, 3.05) is 18.6 Å². The van der Waals surface area contributed by atoms with Crippen LogP contribution in [0.25, 0.3) is 0 Å². The second-order valence-corrected chi connectivity index (χ2v) is 5.42. The van der Waals surface area contributed by atoms with Crippen LogP contribution in [0.2, 0.25) is 0 Å². The molecule has 1 aliphatic carbocycles. The van der Waals surface area contributed by atoms with Crippen molar-refractivity contribution in [2.45, 2.75) is 32.3 Å². The summed E-state index contributed by atoms with van der Waals surface area (Å²) in [6, 6.07) is 6.34. The Hall–Kier alpha value is -1.88. The quantitative estimate of drug-likeness (QED) is 0.874. The molecule has 5 heteroatoms. The van der Waals surface area contributed by atoms with E-state index in [-0.39, 0.29) is 11.5 Å². The predicted molar refractivity (Wildman–Crippen MR) is 79.6 cm³/mol. The highest BCUT2D eigenvalue weighted by atomic mass is 16.5. The Morgan fingerprint density at radius 2 is 1.90 bits per heavy atom. The Morgan fingerprint density at radius 1 is 1.29 bits per heavy atom. The number of rotatable bonds is 6. The number of carboxylic acids is 1. The first-order valence-corrected chi connectivity index (χ1v) is 7.22. The van der Waals surface area contributed by atoms with Gasteiger partial charge >= 0.3 is 5.97 Å². The monoisotopic (exact) mass is 291 g/mol. The van der Waals surface area contributed by atoms with Gasteiger partial charge in [0, 0.05) is 25.8 Å². The van der Waals surface area contributed by atoms with E-state index in [9.17, 15) is 9.59 Å². The van der Waals surface area contributed by atoms with Gasteiger partial charge in [0.2, 0.25) is 5.91 Å². The first kappa shape index (κ1) is 15.5. The lowest BCUT2D eigenvalue weighted by Crippen LogP contribution is -2.36. The second-order valence-electron chi connectivity index (χ2n) is 5.42. The summed E-state index contributed by atoms with van der Waals surface area (Å²) < 4.78 is 5.49. The number of carbonyl (C=O) groups excluding carboxylic acids is 1. The van der Waals surface area contributed by atoms with E-state index >= 15 is 0 Å². The summed E-state index contributed by atoms with van der Waals surface area (Å²) in [5.74, 6) is -0.514. The van der Waals surface area contributed by atoms with Gasteiger partial charge in [-0.25, -0.2) is 4.79 Å². The molecule has 0 unspecified atom stereocenters. The van der Waals surface area contributed by atoms with Gasteiger partial charge in [-0.15, -0.1) is 0 Å². The van der Waals surface area contributed by atoms with Crippen molar-refractivity contribution in [2.24, 2.45) is 5.92 Å². The Balaban J connectivity index is 1.86. The van der Waals surface area contributed by atoms with E-state index in [0.29, 0.717) is 24.1 Å². The maximum absolute atomic E-state index is 12.2.